The van der Waals surface area contributed by atoms with E-state index in [1.807, 2.05) is 0 Å². The van der Waals surface area contributed by atoms with E-state index in [1.165, 1.54) is 32.4 Å². The lowest BCUT2D eigenvalue weighted by Gasteiger charge is -2.40. The number of piperidine rings is 1. The zero-order chi connectivity index (χ0) is 14.3. The molecule has 0 atom stereocenters. The minimum atomic E-state index is 0. The molecule has 0 aliphatic carbocycles. The van der Waals surface area contributed by atoms with Gasteiger partial charge in [0, 0.05) is 12.1 Å². The second kappa shape index (κ2) is 9.82. The Morgan fingerprint density at radius 2 is 1.85 bits per heavy atom. The van der Waals surface area contributed by atoms with Gasteiger partial charge in [0.2, 0.25) is 0 Å². The molecule has 0 aromatic heterocycles. The van der Waals surface area contributed by atoms with Crippen LogP contribution in [0.3, 0.4) is 0 Å². The Morgan fingerprint density at radius 1 is 1.25 bits per heavy atom. The molecule has 1 rings (SSSR count). The van der Waals surface area contributed by atoms with Crippen molar-refractivity contribution in [2.75, 3.05) is 26.2 Å². The monoisotopic (exact) mass is 396 g/mol. The van der Waals surface area contributed by atoms with Gasteiger partial charge in [0.1, 0.15) is 0 Å². The zero-order valence-electron chi connectivity index (χ0n) is 13.6. The Labute approximate surface area is 142 Å². The Hall–Kier alpha value is -0.0400. The van der Waals surface area contributed by atoms with E-state index in [-0.39, 0.29) is 29.5 Å². The fourth-order valence-corrected chi connectivity index (χ4v) is 2.42. The van der Waals surface area contributed by atoms with Crippen molar-refractivity contribution < 1.29 is 0 Å². The highest BCUT2D eigenvalue weighted by molar-refractivity contribution is 14.0. The van der Waals surface area contributed by atoms with E-state index in [1.54, 1.807) is 0 Å². The molecule has 0 bridgehead atoms. The van der Waals surface area contributed by atoms with Crippen molar-refractivity contribution in [3.63, 3.8) is 0 Å². The summed E-state index contributed by atoms with van der Waals surface area (Å²) in [6.45, 7) is 13.0. The fraction of sp³-hybridized carbons (Fsp3) is 0.933. The van der Waals surface area contributed by atoms with Crippen molar-refractivity contribution in [1.82, 2.24) is 10.2 Å². The molecule has 0 spiro atoms. The quantitative estimate of drug-likeness (QED) is 0.413. The predicted molar refractivity (Wildman–Crippen MR) is 98.9 cm³/mol. The second-order valence-corrected chi connectivity index (χ2v) is 6.67. The van der Waals surface area contributed by atoms with E-state index in [2.05, 4.69) is 42.9 Å². The molecule has 0 radical (unpaired) electrons. The number of rotatable bonds is 6. The molecule has 0 unspecified atom stereocenters. The van der Waals surface area contributed by atoms with E-state index in [4.69, 9.17) is 5.73 Å². The lowest BCUT2D eigenvalue weighted by atomic mass is 9.99. The molecular formula is C15H33IN4. The summed E-state index contributed by atoms with van der Waals surface area (Å²) in [5.74, 6) is 1.29. The van der Waals surface area contributed by atoms with Crippen LogP contribution in [0.4, 0.5) is 0 Å². The molecule has 1 aliphatic rings. The maximum Gasteiger partial charge on any atom is 0.188 e. The maximum atomic E-state index is 5.92. The van der Waals surface area contributed by atoms with Crippen LogP contribution in [0.25, 0.3) is 0 Å². The van der Waals surface area contributed by atoms with Crippen LogP contribution in [0.1, 0.15) is 53.4 Å². The van der Waals surface area contributed by atoms with Gasteiger partial charge in [-0.05, 0) is 52.1 Å². The van der Waals surface area contributed by atoms with Gasteiger partial charge in [-0.3, -0.25) is 9.89 Å². The average Bonchev–Trinajstić information content (AvgIpc) is 2.37. The van der Waals surface area contributed by atoms with Crippen molar-refractivity contribution in [2.45, 2.75) is 58.9 Å². The van der Waals surface area contributed by atoms with Crippen LogP contribution < -0.4 is 11.1 Å². The van der Waals surface area contributed by atoms with Gasteiger partial charge >= 0.3 is 0 Å². The number of nitrogens with two attached hydrogens (primary N) is 1. The molecular weight excluding hydrogens is 363 g/mol. The molecule has 1 aliphatic heterocycles. The lowest BCUT2D eigenvalue weighted by Crippen LogP contribution is -2.49. The van der Waals surface area contributed by atoms with E-state index < -0.39 is 0 Å². The van der Waals surface area contributed by atoms with Crippen LogP contribution in [-0.2, 0) is 0 Å². The van der Waals surface area contributed by atoms with Crippen molar-refractivity contribution in [1.29, 1.82) is 0 Å². The van der Waals surface area contributed by atoms with Gasteiger partial charge in [0.15, 0.2) is 5.96 Å². The number of likely N-dealkylation sites (tertiary alicyclic amines) is 1. The number of halogens is 1. The first-order chi connectivity index (χ1) is 8.92. The molecule has 20 heavy (non-hydrogen) atoms. The summed E-state index contributed by atoms with van der Waals surface area (Å²) < 4.78 is 0. The normalized spacial score (nSPS) is 17.9. The zero-order valence-corrected chi connectivity index (χ0v) is 15.9. The summed E-state index contributed by atoms with van der Waals surface area (Å²) in [5, 5.41) is 3.20. The molecule has 0 saturated carbocycles. The van der Waals surface area contributed by atoms with Gasteiger partial charge in [-0.1, -0.05) is 20.3 Å². The summed E-state index contributed by atoms with van der Waals surface area (Å²) in [7, 11) is 0. The van der Waals surface area contributed by atoms with Crippen LogP contribution in [-0.4, -0.2) is 42.6 Å². The molecule has 3 N–H and O–H groups in total. The van der Waals surface area contributed by atoms with E-state index >= 15 is 0 Å². The van der Waals surface area contributed by atoms with Crippen LogP contribution in [0.2, 0.25) is 0 Å². The highest BCUT2D eigenvalue weighted by Gasteiger charge is 2.27. The third kappa shape index (κ3) is 7.67. The summed E-state index contributed by atoms with van der Waals surface area (Å²) >= 11 is 0. The summed E-state index contributed by atoms with van der Waals surface area (Å²) in [6, 6.07) is 0. The topological polar surface area (TPSA) is 53.6 Å². The number of nitrogens with zero attached hydrogens (tertiary/aromatic N) is 2. The number of guanidine groups is 1. The van der Waals surface area contributed by atoms with E-state index in [0.29, 0.717) is 11.9 Å². The van der Waals surface area contributed by atoms with Gasteiger partial charge in [-0.15, -0.1) is 24.0 Å². The molecule has 0 aromatic carbocycles. The summed E-state index contributed by atoms with van der Waals surface area (Å²) in [4.78, 5) is 7.05. The standard InChI is InChI=1S/C15H32N4.HI/c1-13(2)8-9-17-14(16)18-12-15(3,4)19-10-6-5-7-11-19;/h13H,5-12H2,1-4H3,(H3,16,17,18);1H. The predicted octanol–water partition coefficient (Wildman–Crippen LogP) is 2.82. The third-order valence-electron chi connectivity index (χ3n) is 3.88. The Morgan fingerprint density at radius 3 is 2.40 bits per heavy atom. The minimum absolute atomic E-state index is 0. The van der Waals surface area contributed by atoms with Crippen LogP contribution in [0.15, 0.2) is 4.99 Å². The van der Waals surface area contributed by atoms with Crippen molar-refractivity contribution in [3.8, 4) is 0 Å². The fourth-order valence-electron chi connectivity index (χ4n) is 2.42. The number of hydrogen-bond donors (Lipinski definition) is 2. The number of hydrogen-bond acceptors (Lipinski definition) is 2. The van der Waals surface area contributed by atoms with Crippen LogP contribution in [0, 0.1) is 5.92 Å². The third-order valence-corrected chi connectivity index (χ3v) is 3.88. The lowest BCUT2D eigenvalue weighted by molar-refractivity contribution is 0.102. The highest BCUT2D eigenvalue weighted by atomic mass is 127. The van der Waals surface area contributed by atoms with Gasteiger partial charge in [0.25, 0.3) is 0 Å². The van der Waals surface area contributed by atoms with Crippen LogP contribution in [0.5, 0.6) is 0 Å². The van der Waals surface area contributed by atoms with Gasteiger partial charge in [-0.25, -0.2) is 0 Å². The summed E-state index contributed by atoms with van der Waals surface area (Å²) in [6.07, 6.45) is 5.13. The minimum Gasteiger partial charge on any atom is -0.370 e. The maximum absolute atomic E-state index is 5.92. The number of nitrogens with one attached hydrogen (secondary N) is 1. The Bertz CT molecular complexity index is 284. The van der Waals surface area contributed by atoms with Crippen molar-refractivity contribution in [3.05, 3.63) is 0 Å². The molecule has 5 heteroatoms. The summed E-state index contributed by atoms with van der Waals surface area (Å²) in [5.41, 5.74) is 6.03. The average molecular weight is 396 g/mol. The van der Waals surface area contributed by atoms with E-state index in [9.17, 15) is 0 Å². The van der Waals surface area contributed by atoms with Gasteiger partial charge in [-0.2, -0.15) is 0 Å². The molecule has 120 valence electrons. The first-order valence-electron chi connectivity index (χ1n) is 7.70. The molecule has 1 fully saturated rings. The molecule has 0 amide bonds. The largest absolute Gasteiger partial charge is 0.370 e. The van der Waals surface area contributed by atoms with Crippen molar-refractivity contribution >= 4 is 29.9 Å². The second-order valence-electron chi connectivity index (χ2n) is 6.67. The first kappa shape index (κ1) is 20.0. The SMILES string of the molecule is CC(C)CCNC(N)=NCC(C)(C)N1CCCCC1.I. The molecule has 0 aromatic rings. The van der Waals surface area contributed by atoms with Crippen molar-refractivity contribution in [2.24, 2.45) is 16.6 Å². The van der Waals surface area contributed by atoms with Gasteiger partial charge in [0.05, 0.1) is 6.54 Å². The van der Waals surface area contributed by atoms with Gasteiger partial charge < -0.3 is 11.1 Å². The van der Waals surface area contributed by atoms with Crippen LogP contribution >= 0.6 is 24.0 Å². The highest BCUT2D eigenvalue weighted by Crippen LogP contribution is 2.20. The Kier molecular flexibility index (Phi) is 9.80. The molecule has 1 heterocycles. The molecule has 4 nitrogen and oxygen atoms in total. The molecule has 1 saturated heterocycles. The number of aliphatic imine (C=N–C) groups is 1. The smallest absolute Gasteiger partial charge is 0.188 e. The van der Waals surface area contributed by atoms with E-state index in [0.717, 1.165) is 19.5 Å². The Balaban J connectivity index is 0.00000361. The first-order valence-corrected chi connectivity index (χ1v) is 7.70.